The predicted octanol–water partition coefficient (Wildman–Crippen LogP) is 2.54. The third-order valence-electron chi connectivity index (χ3n) is 3.23. The summed E-state index contributed by atoms with van der Waals surface area (Å²) in [5.74, 6) is 12.3. The minimum absolute atomic E-state index is 0.438. The summed E-state index contributed by atoms with van der Waals surface area (Å²) in [5, 5.41) is 0. The van der Waals surface area contributed by atoms with E-state index < -0.39 is 0 Å². The molecular weight excluding hydrogens is 246 g/mol. The number of piperidine rings is 1. The first-order valence-corrected chi connectivity index (χ1v) is 7.25. The Bertz CT molecular complexity index is 495. The van der Waals surface area contributed by atoms with Crippen molar-refractivity contribution in [1.82, 2.24) is 4.90 Å². The molecule has 2 rings (SSSR count). The topological polar surface area (TPSA) is 12.5 Å². The number of likely N-dealkylation sites (tertiary alicyclic amines) is 1. The normalized spacial score (nSPS) is 14.8. The van der Waals surface area contributed by atoms with Gasteiger partial charge in [0.15, 0.2) is 0 Å². The highest BCUT2D eigenvalue weighted by molar-refractivity contribution is 5.33. The molecule has 0 atom stereocenters. The van der Waals surface area contributed by atoms with E-state index in [2.05, 4.69) is 28.6 Å². The van der Waals surface area contributed by atoms with Crippen LogP contribution in [0.5, 0.6) is 0 Å². The summed E-state index contributed by atoms with van der Waals surface area (Å²) in [5.41, 5.74) is 1.02. The van der Waals surface area contributed by atoms with Gasteiger partial charge in [-0.05, 0) is 38.1 Å². The van der Waals surface area contributed by atoms with Crippen molar-refractivity contribution in [2.24, 2.45) is 0 Å². The van der Waals surface area contributed by atoms with Crippen LogP contribution >= 0.6 is 0 Å². The second kappa shape index (κ2) is 9.21. The number of nitrogens with zero attached hydrogens (tertiary/aromatic N) is 1. The van der Waals surface area contributed by atoms with Crippen LogP contribution in [0.4, 0.5) is 0 Å². The molecule has 2 heteroatoms. The van der Waals surface area contributed by atoms with Crippen LogP contribution in [0.25, 0.3) is 0 Å². The molecule has 0 spiro atoms. The van der Waals surface area contributed by atoms with Crippen LogP contribution in [0.2, 0.25) is 0 Å². The molecule has 0 amide bonds. The summed E-state index contributed by atoms with van der Waals surface area (Å²) in [6.45, 7) is 4.17. The van der Waals surface area contributed by atoms with Crippen LogP contribution in [0.1, 0.15) is 24.8 Å². The van der Waals surface area contributed by atoms with Crippen LogP contribution in [-0.4, -0.2) is 37.7 Å². The molecule has 1 aromatic carbocycles. The van der Waals surface area contributed by atoms with Crippen LogP contribution in [0.3, 0.4) is 0 Å². The molecule has 1 aromatic rings. The van der Waals surface area contributed by atoms with Gasteiger partial charge < -0.3 is 4.74 Å². The Morgan fingerprint density at radius 3 is 2.45 bits per heavy atom. The number of hydrogen-bond donors (Lipinski definition) is 0. The van der Waals surface area contributed by atoms with Gasteiger partial charge in [0.2, 0.25) is 0 Å². The van der Waals surface area contributed by atoms with Crippen LogP contribution in [0.15, 0.2) is 30.3 Å². The number of benzene rings is 1. The lowest BCUT2D eigenvalue weighted by molar-refractivity contribution is 0.204. The molecule has 1 aliphatic rings. The highest BCUT2D eigenvalue weighted by Gasteiger charge is 2.07. The lowest BCUT2D eigenvalue weighted by Crippen LogP contribution is -2.29. The highest BCUT2D eigenvalue weighted by atomic mass is 16.5. The Labute approximate surface area is 122 Å². The van der Waals surface area contributed by atoms with Gasteiger partial charge in [-0.3, -0.25) is 4.90 Å². The molecule has 0 radical (unpaired) electrons. The number of hydrogen-bond acceptors (Lipinski definition) is 2. The fourth-order valence-electron chi connectivity index (χ4n) is 2.15. The fraction of sp³-hybridized carbons (Fsp3) is 0.444. The molecule has 1 aliphatic heterocycles. The molecule has 0 bridgehead atoms. The minimum Gasteiger partial charge on any atom is -0.356 e. The number of ether oxygens (including phenoxy) is 1. The van der Waals surface area contributed by atoms with Crippen LogP contribution < -0.4 is 0 Å². The van der Waals surface area contributed by atoms with Crippen molar-refractivity contribution in [3.8, 4) is 23.7 Å². The van der Waals surface area contributed by atoms with E-state index in [1.807, 2.05) is 30.3 Å². The average Bonchev–Trinajstić information content (AvgIpc) is 2.52. The molecule has 20 heavy (non-hydrogen) atoms. The maximum absolute atomic E-state index is 5.38. The predicted molar refractivity (Wildman–Crippen MR) is 82.2 cm³/mol. The summed E-state index contributed by atoms with van der Waals surface area (Å²) in [6, 6.07) is 9.93. The third-order valence-corrected chi connectivity index (χ3v) is 3.23. The van der Waals surface area contributed by atoms with Crippen molar-refractivity contribution in [2.45, 2.75) is 19.3 Å². The SMILES string of the molecule is C(#CCN1CCCCC1)COCC#Cc1ccccc1. The van der Waals surface area contributed by atoms with Gasteiger partial charge in [-0.1, -0.05) is 48.3 Å². The Morgan fingerprint density at radius 1 is 0.900 bits per heavy atom. The van der Waals surface area contributed by atoms with Gasteiger partial charge in [0.05, 0.1) is 6.54 Å². The van der Waals surface area contributed by atoms with Crippen LogP contribution in [-0.2, 0) is 4.74 Å². The summed E-state index contributed by atoms with van der Waals surface area (Å²) in [7, 11) is 0. The van der Waals surface area contributed by atoms with Gasteiger partial charge in [0.1, 0.15) is 13.2 Å². The van der Waals surface area contributed by atoms with E-state index >= 15 is 0 Å². The quantitative estimate of drug-likeness (QED) is 0.616. The smallest absolute Gasteiger partial charge is 0.109 e. The van der Waals surface area contributed by atoms with Gasteiger partial charge in [0.25, 0.3) is 0 Å². The summed E-state index contributed by atoms with van der Waals surface area (Å²) < 4.78 is 5.38. The van der Waals surface area contributed by atoms with Gasteiger partial charge >= 0.3 is 0 Å². The summed E-state index contributed by atoms with van der Waals surface area (Å²) >= 11 is 0. The van der Waals surface area contributed by atoms with E-state index in [1.54, 1.807) is 0 Å². The Balaban J connectivity index is 1.57. The molecule has 1 fully saturated rings. The van der Waals surface area contributed by atoms with Crippen LogP contribution in [0, 0.1) is 23.7 Å². The number of rotatable bonds is 3. The molecule has 1 saturated heterocycles. The van der Waals surface area contributed by atoms with Gasteiger partial charge in [0, 0.05) is 5.56 Å². The largest absolute Gasteiger partial charge is 0.356 e. The van der Waals surface area contributed by atoms with E-state index in [4.69, 9.17) is 4.74 Å². The zero-order valence-corrected chi connectivity index (χ0v) is 11.9. The minimum atomic E-state index is 0.438. The molecule has 0 N–H and O–H groups in total. The first-order valence-electron chi connectivity index (χ1n) is 7.25. The average molecular weight is 267 g/mol. The highest BCUT2D eigenvalue weighted by Crippen LogP contribution is 2.06. The molecule has 0 saturated carbocycles. The van der Waals surface area contributed by atoms with Gasteiger partial charge in [-0.25, -0.2) is 0 Å². The summed E-state index contributed by atoms with van der Waals surface area (Å²) in [6.07, 6.45) is 3.99. The first kappa shape index (κ1) is 14.7. The molecule has 0 unspecified atom stereocenters. The summed E-state index contributed by atoms with van der Waals surface area (Å²) in [4.78, 5) is 2.41. The van der Waals surface area contributed by atoms with Crippen molar-refractivity contribution in [3.05, 3.63) is 35.9 Å². The van der Waals surface area contributed by atoms with Gasteiger partial charge in [-0.15, -0.1) is 0 Å². The second-order valence-corrected chi connectivity index (χ2v) is 4.85. The first-order chi connectivity index (χ1) is 9.95. The van der Waals surface area contributed by atoms with E-state index in [0.717, 1.165) is 12.1 Å². The Hall–Kier alpha value is -1.74. The van der Waals surface area contributed by atoms with E-state index in [1.165, 1.54) is 32.4 Å². The standard InChI is InChI=1S/C18H21NO/c1-3-10-18(11-4-1)12-9-17-20-16-8-7-15-19-13-5-2-6-14-19/h1,3-4,10-11H,2,5-6,13-17H2. The maximum atomic E-state index is 5.38. The fourth-order valence-corrected chi connectivity index (χ4v) is 2.15. The zero-order chi connectivity index (χ0) is 13.9. The van der Waals surface area contributed by atoms with Crippen molar-refractivity contribution < 1.29 is 4.74 Å². The maximum Gasteiger partial charge on any atom is 0.109 e. The molecular formula is C18H21NO. The van der Waals surface area contributed by atoms with Gasteiger partial charge in [-0.2, -0.15) is 0 Å². The molecule has 0 aliphatic carbocycles. The molecule has 1 heterocycles. The van der Waals surface area contributed by atoms with Crippen molar-refractivity contribution in [1.29, 1.82) is 0 Å². The van der Waals surface area contributed by atoms with E-state index in [-0.39, 0.29) is 0 Å². The molecule has 0 aromatic heterocycles. The van der Waals surface area contributed by atoms with Crippen molar-refractivity contribution >= 4 is 0 Å². The van der Waals surface area contributed by atoms with E-state index in [9.17, 15) is 0 Å². The monoisotopic (exact) mass is 267 g/mol. The molecule has 104 valence electrons. The third kappa shape index (κ3) is 5.93. The molecule has 2 nitrogen and oxygen atoms in total. The lowest BCUT2D eigenvalue weighted by atomic mass is 10.1. The zero-order valence-electron chi connectivity index (χ0n) is 11.9. The second-order valence-electron chi connectivity index (χ2n) is 4.85. The van der Waals surface area contributed by atoms with E-state index in [0.29, 0.717) is 13.2 Å². The lowest BCUT2D eigenvalue weighted by Gasteiger charge is -2.23. The van der Waals surface area contributed by atoms with Crippen molar-refractivity contribution in [3.63, 3.8) is 0 Å². The Morgan fingerprint density at radius 2 is 1.65 bits per heavy atom. The van der Waals surface area contributed by atoms with Crippen molar-refractivity contribution in [2.75, 3.05) is 32.8 Å². The Kier molecular flexibility index (Phi) is 6.75.